The van der Waals surface area contributed by atoms with E-state index in [0.717, 1.165) is 9.87 Å². The first-order chi connectivity index (χ1) is 11.8. The van der Waals surface area contributed by atoms with Gasteiger partial charge < -0.3 is 9.84 Å². The van der Waals surface area contributed by atoms with Crippen molar-refractivity contribution in [1.29, 1.82) is 0 Å². The van der Waals surface area contributed by atoms with Gasteiger partial charge in [-0.2, -0.15) is 4.31 Å². The molecule has 6 nitrogen and oxygen atoms in total. The van der Waals surface area contributed by atoms with E-state index >= 15 is 0 Å². The van der Waals surface area contributed by atoms with Crippen molar-refractivity contribution in [3.63, 3.8) is 0 Å². The average molecular weight is 363 g/mol. The van der Waals surface area contributed by atoms with Crippen LogP contribution in [0.25, 0.3) is 0 Å². The summed E-state index contributed by atoms with van der Waals surface area (Å²) in [7, 11) is -1.16. The van der Waals surface area contributed by atoms with E-state index in [9.17, 15) is 18.3 Å². The Morgan fingerprint density at radius 2 is 1.76 bits per heavy atom. The van der Waals surface area contributed by atoms with Crippen LogP contribution in [0.3, 0.4) is 0 Å². The number of carboxylic acids is 1. The lowest BCUT2D eigenvalue weighted by molar-refractivity contribution is -0.141. The molecule has 0 saturated heterocycles. The smallest absolute Gasteiger partial charge is 0.322 e. The van der Waals surface area contributed by atoms with E-state index in [1.807, 2.05) is 6.92 Å². The van der Waals surface area contributed by atoms with Gasteiger partial charge in [-0.1, -0.05) is 35.9 Å². The molecule has 2 rings (SSSR count). The van der Waals surface area contributed by atoms with Gasteiger partial charge in [0.25, 0.3) is 0 Å². The van der Waals surface area contributed by atoms with E-state index in [1.54, 1.807) is 36.4 Å². The highest BCUT2D eigenvalue weighted by Gasteiger charge is 2.33. The molecule has 0 aliphatic rings. The van der Waals surface area contributed by atoms with Gasteiger partial charge in [0.15, 0.2) is 0 Å². The second-order valence-electron chi connectivity index (χ2n) is 5.70. The van der Waals surface area contributed by atoms with E-state index in [2.05, 4.69) is 0 Å². The first kappa shape index (κ1) is 19.0. The van der Waals surface area contributed by atoms with Crippen LogP contribution in [-0.4, -0.2) is 44.0 Å². The molecule has 1 unspecified atom stereocenters. The molecule has 0 aliphatic carbocycles. The van der Waals surface area contributed by atoms with Crippen molar-refractivity contribution < 1.29 is 23.1 Å². The Morgan fingerprint density at radius 1 is 1.16 bits per heavy atom. The molecule has 2 aromatic rings. The molecule has 0 amide bonds. The Morgan fingerprint density at radius 3 is 2.32 bits per heavy atom. The summed E-state index contributed by atoms with van der Waals surface area (Å²) in [6.45, 7) is 1.85. The van der Waals surface area contributed by atoms with Crippen molar-refractivity contribution in [2.24, 2.45) is 0 Å². The quantitative estimate of drug-likeness (QED) is 0.816. The number of hydrogen-bond donors (Lipinski definition) is 1. The number of sulfonamides is 1. The standard InChI is InChI=1S/C18H21NO5S/c1-13-8-10-15(11-9-13)25(22,23)19(2)16(18(20)21)12-14-6-4-5-7-17(14)24-3/h4-11,16H,12H2,1-3H3,(H,20,21). The predicted octanol–water partition coefficient (Wildman–Crippen LogP) is 2.32. The highest BCUT2D eigenvalue weighted by molar-refractivity contribution is 7.89. The van der Waals surface area contributed by atoms with Gasteiger partial charge in [-0.25, -0.2) is 8.42 Å². The molecule has 0 radical (unpaired) electrons. The van der Waals surface area contributed by atoms with Crippen LogP contribution in [0.1, 0.15) is 11.1 Å². The summed E-state index contributed by atoms with van der Waals surface area (Å²) >= 11 is 0. The Kier molecular flexibility index (Phi) is 5.81. The maximum Gasteiger partial charge on any atom is 0.322 e. The summed E-state index contributed by atoms with van der Waals surface area (Å²) < 4.78 is 31.7. The Labute approximate surface area is 147 Å². The van der Waals surface area contributed by atoms with Crippen molar-refractivity contribution >= 4 is 16.0 Å². The number of carbonyl (C=O) groups is 1. The zero-order chi connectivity index (χ0) is 18.6. The van der Waals surface area contributed by atoms with E-state index in [1.165, 1.54) is 26.3 Å². The summed E-state index contributed by atoms with van der Waals surface area (Å²) in [6.07, 6.45) is 0.000931. The number of aliphatic carboxylic acids is 1. The number of likely N-dealkylation sites (N-methyl/N-ethyl adjacent to an activating group) is 1. The topological polar surface area (TPSA) is 83.9 Å². The first-order valence-electron chi connectivity index (χ1n) is 7.66. The van der Waals surface area contributed by atoms with Crippen LogP contribution in [0.4, 0.5) is 0 Å². The molecule has 0 aliphatic heterocycles. The first-order valence-corrected chi connectivity index (χ1v) is 9.10. The molecular formula is C18H21NO5S. The summed E-state index contributed by atoms with van der Waals surface area (Å²) in [5.74, 6) is -0.695. The van der Waals surface area contributed by atoms with Crippen molar-refractivity contribution in [3.8, 4) is 5.75 Å². The number of hydrogen-bond acceptors (Lipinski definition) is 4. The van der Waals surface area contributed by atoms with Crippen LogP contribution >= 0.6 is 0 Å². The van der Waals surface area contributed by atoms with E-state index in [-0.39, 0.29) is 11.3 Å². The van der Waals surface area contributed by atoms with Gasteiger partial charge >= 0.3 is 5.97 Å². The fourth-order valence-corrected chi connectivity index (χ4v) is 3.81. The van der Waals surface area contributed by atoms with Gasteiger partial charge in [0.2, 0.25) is 10.0 Å². The second-order valence-corrected chi connectivity index (χ2v) is 7.70. The zero-order valence-corrected chi connectivity index (χ0v) is 15.2. The molecule has 0 heterocycles. The normalized spacial score (nSPS) is 12.8. The Bertz CT molecular complexity index is 846. The van der Waals surface area contributed by atoms with Gasteiger partial charge in [0.05, 0.1) is 12.0 Å². The maximum atomic E-state index is 12.8. The summed E-state index contributed by atoms with van der Waals surface area (Å²) in [5, 5.41) is 9.58. The number of ether oxygens (including phenoxy) is 1. The number of benzene rings is 2. The van der Waals surface area contributed by atoms with E-state index < -0.39 is 22.0 Å². The van der Waals surface area contributed by atoms with Gasteiger partial charge in [0, 0.05) is 13.5 Å². The fourth-order valence-electron chi connectivity index (χ4n) is 2.50. The second kappa shape index (κ2) is 7.67. The minimum absolute atomic E-state index is 0.000931. The summed E-state index contributed by atoms with van der Waals surface area (Å²) in [5.41, 5.74) is 1.55. The third-order valence-corrected chi connectivity index (χ3v) is 5.91. The van der Waals surface area contributed by atoms with Crippen LogP contribution in [0.15, 0.2) is 53.4 Å². The average Bonchev–Trinajstić information content (AvgIpc) is 2.59. The van der Waals surface area contributed by atoms with Crippen molar-refractivity contribution in [2.45, 2.75) is 24.3 Å². The SMILES string of the molecule is COc1ccccc1CC(C(=O)O)N(C)S(=O)(=O)c1ccc(C)cc1. The zero-order valence-electron chi connectivity index (χ0n) is 14.3. The molecule has 7 heteroatoms. The number of para-hydroxylation sites is 1. The highest BCUT2D eigenvalue weighted by atomic mass is 32.2. The molecule has 0 spiro atoms. The number of methoxy groups -OCH3 is 1. The van der Waals surface area contributed by atoms with Crippen molar-refractivity contribution in [3.05, 3.63) is 59.7 Å². The molecule has 1 N–H and O–H groups in total. The number of carboxylic acid groups (broad SMARTS) is 1. The summed E-state index contributed by atoms with van der Waals surface area (Å²) in [4.78, 5) is 11.8. The molecule has 0 saturated carbocycles. The van der Waals surface area contributed by atoms with Crippen LogP contribution in [0.5, 0.6) is 5.75 Å². The van der Waals surface area contributed by atoms with Gasteiger partial charge in [0.1, 0.15) is 11.8 Å². The third-order valence-electron chi connectivity index (χ3n) is 4.03. The monoisotopic (exact) mass is 363 g/mol. The molecule has 0 fully saturated rings. The predicted molar refractivity (Wildman–Crippen MR) is 94.2 cm³/mol. The molecule has 1 atom stereocenters. The lowest BCUT2D eigenvalue weighted by Gasteiger charge is -2.25. The number of rotatable bonds is 7. The molecule has 2 aromatic carbocycles. The lowest BCUT2D eigenvalue weighted by atomic mass is 10.1. The Hall–Kier alpha value is -2.38. The molecular weight excluding hydrogens is 342 g/mol. The molecule has 134 valence electrons. The number of nitrogens with zero attached hydrogens (tertiary/aromatic N) is 1. The number of aryl methyl sites for hydroxylation is 1. The van der Waals surface area contributed by atoms with Gasteiger partial charge in [-0.15, -0.1) is 0 Å². The largest absolute Gasteiger partial charge is 0.496 e. The van der Waals surface area contributed by atoms with Crippen molar-refractivity contribution in [2.75, 3.05) is 14.2 Å². The Balaban J connectivity index is 2.36. The highest BCUT2D eigenvalue weighted by Crippen LogP contribution is 2.23. The third kappa shape index (κ3) is 4.18. The van der Waals surface area contributed by atoms with Crippen LogP contribution in [-0.2, 0) is 21.2 Å². The van der Waals surface area contributed by atoms with Crippen LogP contribution < -0.4 is 4.74 Å². The van der Waals surface area contributed by atoms with Crippen LogP contribution in [0, 0.1) is 6.92 Å². The van der Waals surface area contributed by atoms with Gasteiger partial charge in [-0.3, -0.25) is 4.79 Å². The molecule has 0 bridgehead atoms. The lowest BCUT2D eigenvalue weighted by Crippen LogP contribution is -2.43. The molecule has 25 heavy (non-hydrogen) atoms. The minimum Gasteiger partial charge on any atom is -0.496 e. The van der Waals surface area contributed by atoms with Gasteiger partial charge in [-0.05, 0) is 30.7 Å². The minimum atomic E-state index is -3.93. The molecule has 0 aromatic heterocycles. The van der Waals surface area contributed by atoms with E-state index in [4.69, 9.17) is 4.74 Å². The van der Waals surface area contributed by atoms with Crippen molar-refractivity contribution in [1.82, 2.24) is 4.31 Å². The van der Waals surface area contributed by atoms with E-state index in [0.29, 0.717) is 11.3 Å². The van der Waals surface area contributed by atoms with Crippen LogP contribution in [0.2, 0.25) is 0 Å². The summed E-state index contributed by atoms with van der Waals surface area (Å²) in [6, 6.07) is 12.0. The fraction of sp³-hybridized carbons (Fsp3) is 0.278. The maximum absolute atomic E-state index is 12.8.